The Balaban J connectivity index is 2.29. The molecule has 0 fully saturated rings. The molecule has 2 aromatic carbocycles. The number of hydrogen-bond donors (Lipinski definition) is 0. The second-order valence-corrected chi connectivity index (χ2v) is 7.07. The van der Waals surface area contributed by atoms with Crippen LogP contribution < -0.4 is 5.56 Å². The maximum absolute atomic E-state index is 13.1. The predicted molar refractivity (Wildman–Crippen MR) is 104 cm³/mol. The third-order valence-electron chi connectivity index (χ3n) is 4.57. The van der Waals surface area contributed by atoms with Gasteiger partial charge in [-0.15, -0.1) is 0 Å². The number of benzene rings is 2. The van der Waals surface area contributed by atoms with Crippen molar-refractivity contribution >= 4 is 22.5 Å². The standard InChI is InChI=1S/C20H22ClN3O/c1-13-8-10-15(11-9-13)19-22-18-16(6-5-7-17(18)21)20(25)24(19)12-14(2)23(3)4/h5-11,14H,12H2,1-4H3. The Kier molecular flexibility index (Phi) is 4.93. The molecule has 0 aliphatic carbocycles. The van der Waals surface area contributed by atoms with Gasteiger partial charge in [0.05, 0.1) is 15.9 Å². The summed E-state index contributed by atoms with van der Waals surface area (Å²) in [5.41, 5.74) is 2.57. The third kappa shape index (κ3) is 3.46. The van der Waals surface area contributed by atoms with E-state index in [1.807, 2.05) is 45.3 Å². The van der Waals surface area contributed by atoms with Crippen LogP contribution in [0.3, 0.4) is 0 Å². The Morgan fingerprint density at radius 1 is 1.16 bits per heavy atom. The summed E-state index contributed by atoms with van der Waals surface area (Å²) in [4.78, 5) is 20.0. The van der Waals surface area contributed by atoms with E-state index in [9.17, 15) is 4.79 Å². The minimum Gasteiger partial charge on any atom is -0.305 e. The molecule has 0 aliphatic heterocycles. The zero-order valence-corrected chi connectivity index (χ0v) is 15.7. The van der Waals surface area contributed by atoms with Crippen molar-refractivity contribution in [3.8, 4) is 11.4 Å². The first-order chi connectivity index (χ1) is 11.9. The lowest BCUT2D eigenvalue weighted by Gasteiger charge is -2.23. The first kappa shape index (κ1) is 17.6. The van der Waals surface area contributed by atoms with Gasteiger partial charge in [0.15, 0.2) is 0 Å². The Morgan fingerprint density at radius 3 is 2.48 bits per heavy atom. The van der Waals surface area contributed by atoms with E-state index in [0.29, 0.717) is 28.3 Å². The van der Waals surface area contributed by atoms with Crippen LogP contribution in [0, 0.1) is 6.92 Å². The van der Waals surface area contributed by atoms with E-state index in [2.05, 4.69) is 11.8 Å². The van der Waals surface area contributed by atoms with Crippen molar-refractivity contribution in [2.75, 3.05) is 14.1 Å². The molecule has 3 aromatic rings. The van der Waals surface area contributed by atoms with Gasteiger partial charge in [0.25, 0.3) is 5.56 Å². The Hall–Kier alpha value is -2.17. The molecule has 1 unspecified atom stereocenters. The topological polar surface area (TPSA) is 38.1 Å². The average Bonchev–Trinajstić information content (AvgIpc) is 2.58. The molecule has 5 heteroatoms. The molecule has 4 nitrogen and oxygen atoms in total. The lowest BCUT2D eigenvalue weighted by Crippen LogP contribution is -2.35. The molecule has 0 aliphatic rings. The third-order valence-corrected chi connectivity index (χ3v) is 4.88. The number of halogens is 1. The maximum Gasteiger partial charge on any atom is 0.261 e. The Labute approximate surface area is 152 Å². The van der Waals surface area contributed by atoms with Gasteiger partial charge in [-0.3, -0.25) is 9.36 Å². The molecule has 1 aromatic heterocycles. The number of likely N-dealkylation sites (N-methyl/N-ethyl adjacent to an activating group) is 1. The van der Waals surface area contributed by atoms with Crippen molar-refractivity contribution < 1.29 is 0 Å². The van der Waals surface area contributed by atoms with Gasteiger partial charge in [0, 0.05) is 18.2 Å². The van der Waals surface area contributed by atoms with Crippen LogP contribution in [0.15, 0.2) is 47.3 Å². The lowest BCUT2D eigenvalue weighted by molar-refractivity contribution is 0.282. The summed E-state index contributed by atoms with van der Waals surface area (Å²) in [6, 6.07) is 13.6. The first-order valence-electron chi connectivity index (χ1n) is 8.31. The lowest BCUT2D eigenvalue weighted by atomic mass is 10.1. The summed E-state index contributed by atoms with van der Waals surface area (Å²) in [6.45, 7) is 4.69. The molecular formula is C20H22ClN3O. The molecular weight excluding hydrogens is 334 g/mol. The highest BCUT2D eigenvalue weighted by molar-refractivity contribution is 6.35. The van der Waals surface area contributed by atoms with Crippen LogP contribution in [0.2, 0.25) is 5.02 Å². The molecule has 25 heavy (non-hydrogen) atoms. The smallest absolute Gasteiger partial charge is 0.261 e. The largest absolute Gasteiger partial charge is 0.305 e. The quantitative estimate of drug-likeness (QED) is 0.710. The highest BCUT2D eigenvalue weighted by Gasteiger charge is 2.17. The first-order valence-corrected chi connectivity index (χ1v) is 8.69. The highest BCUT2D eigenvalue weighted by Crippen LogP contribution is 2.24. The number of nitrogens with zero attached hydrogens (tertiary/aromatic N) is 3. The van der Waals surface area contributed by atoms with Crippen LogP contribution in [0.4, 0.5) is 0 Å². The molecule has 0 saturated carbocycles. The molecule has 0 radical (unpaired) electrons. The molecule has 0 spiro atoms. The zero-order valence-electron chi connectivity index (χ0n) is 15.0. The van der Waals surface area contributed by atoms with Crippen molar-refractivity contribution in [1.29, 1.82) is 0 Å². The van der Waals surface area contributed by atoms with E-state index in [4.69, 9.17) is 16.6 Å². The molecule has 0 amide bonds. The summed E-state index contributed by atoms with van der Waals surface area (Å²) in [5.74, 6) is 0.652. The number of para-hydroxylation sites is 1. The number of rotatable bonds is 4. The van der Waals surface area contributed by atoms with E-state index < -0.39 is 0 Å². The van der Waals surface area contributed by atoms with Crippen LogP contribution in [0.5, 0.6) is 0 Å². The van der Waals surface area contributed by atoms with Crippen molar-refractivity contribution in [2.24, 2.45) is 0 Å². The number of fused-ring (bicyclic) bond motifs is 1. The fourth-order valence-corrected chi connectivity index (χ4v) is 2.95. The van der Waals surface area contributed by atoms with Crippen LogP contribution in [-0.4, -0.2) is 34.6 Å². The number of hydrogen-bond acceptors (Lipinski definition) is 3. The second kappa shape index (κ2) is 6.98. The summed E-state index contributed by atoms with van der Waals surface area (Å²) in [6.07, 6.45) is 0. The van der Waals surface area contributed by atoms with E-state index in [0.717, 1.165) is 11.1 Å². The Morgan fingerprint density at radius 2 is 1.84 bits per heavy atom. The van der Waals surface area contributed by atoms with Gasteiger partial charge in [-0.1, -0.05) is 47.5 Å². The molecule has 0 bridgehead atoms. The minimum atomic E-state index is -0.0585. The number of aryl methyl sites for hydroxylation is 1. The predicted octanol–water partition coefficient (Wildman–Crippen LogP) is 3.98. The van der Waals surface area contributed by atoms with Crippen molar-refractivity contribution in [1.82, 2.24) is 14.5 Å². The van der Waals surface area contributed by atoms with Gasteiger partial charge in [0.2, 0.25) is 0 Å². The van der Waals surface area contributed by atoms with Gasteiger partial charge < -0.3 is 4.90 Å². The maximum atomic E-state index is 13.1. The van der Waals surface area contributed by atoms with Gasteiger partial charge in [-0.25, -0.2) is 4.98 Å². The molecule has 0 N–H and O–H groups in total. The fraction of sp³-hybridized carbons (Fsp3) is 0.300. The molecule has 3 rings (SSSR count). The van der Waals surface area contributed by atoms with Crippen LogP contribution >= 0.6 is 11.6 Å². The van der Waals surface area contributed by atoms with E-state index in [1.54, 1.807) is 22.8 Å². The van der Waals surface area contributed by atoms with Crippen LogP contribution in [-0.2, 0) is 6.54 Å². The van der Waals surface area contributed by atoms with Gasteiger partial charge >= 0.3 is 0 Å². The molecule has 130 valence electrons. The molecule has 0 saturated heterocycles. The summed E-state index contributed by atoms with van der Waals surface area (Å²) < 4.78 is 1.76. The highest BCUT2D eigenvalue weighted by atomic mass is 35.5. The van der Waals surface area contributed by atoms with Crippen LogP contribution in [0.1, 0.15) is 12.5 Å². The zero-order chi connectivity index (χ0) is 18.1. The molecule has 1 heterocycles. The van der Waals surface area contributed by atoms with Gasteiger partial charge in [-0.2, -0.15) is 0 Å². The van der Waals surface area contributed by atoms with E-state index in [-0.39, 0.29) is 11.6 Å². The minimum absolute atomic E-state index is 0.0585. The van der Waals surface area contributed by atoms with Gasteiger partial charge in [-0.05, 0) is 40.1 Å². The van der Waals surface area contributed by atoms with Crippen molar-refractivity contribution in [3.63, 3.8) is 0 Å². The normalized spacial score (nSPS) is 12.7. The molecule has 1 atom stereocenters. The van der Waals surface area contributed by atoms with E-state index >= 15 is 0 Å². The summed E-state index contributed by atoms with van der Waals surface area (Å²) in [5, 5.41) is 1.05. The van der Waals surface area contributed by atoms with Gasteiger partial charge in [0.1, 0.15) is 5.82 Å². The monoisotopic (exact) mass is 355 g/mol. The van der Waals surface area contributed by atoms with E-state index in [1.165, 1.54) is 0 Å². The van der Waals surface area contributed by atoms with Crippen LogP contribution in [0.25, 0.3) is 22.3 Å². The number of aromatic nitrogens is 2. The van der Waals surface area contributed by atoms with Crippen molar-refractivity contribution in [3.05, 3.63) is 63.4 Å². The summed E-state index contributed by atoms with van der Waals surface area (Å²) in [7, 11) is 4.01. The average molecular weight is 356 g/mol. The Bertz CT molecular complexity index is 961. The fourth-order valence-electron chi connectivity index (χ4n) is 2.73. The summed E-state index contributed by atoms with van der Waals surface area (Å²) >= 11 is 6.30. The SMILES string of the molecule is Cc1ccc(-c2nc3c(Cl)cccc3c(=O)n2CC(C)N(C)C)cc1. The second-order valence-electron chi connectivity index (χ2n) is 6.67. The van der Waals surface area contributed by atoms with Crippen molar-refractivity contribution in [2.45, 2.75) is 26.4 Å².